The minimum atomic E-state index is -0.412. The average molecular weight is 292 g/mol. The van der Waals surface area contributed by atoms with Gasteiger partial charge in [0.05, 0.1) is 10.5 Å². The maximum absolute atomic E-state index is 11.1. The average Bonchev–Trinajstić information content (AvgIpc) is 3.03. The third-order valence-electron chi connectivity index (χ3n) is 3.14. The van der Waals surface area contributed by atoms with Crippen LogP contribution < -0.4 is 0 Å². The molecule has 0 unspecified atom stereocenters. The van der Waals surface area contributed by atoms with Gasteiger partial charge >= 0.3 is 0 Å². The molecule has 5 nitrogen and oxygen atoms in total. The summed E-state index contributed by atoms with van der Waals surface area (Å²) in [6.07, 6.45) is 7.12. The van der Waals surface area contributed by atoms with Crippen LogP contribution in [0.4, 0.5) is 5.69 Å². The molecule has 108 valence electrons. The minimum absolute atomic E-state index is 0.0292. The van der Waals surface area contributed by atoms with Gasteiger partial charge in [-0.1, -0.05) is 18.2 Å². The number of pyridine rings is 1. The third kappa shape index (κ3) is 2.93. The smallest absolute Gasteiger partial charge is 0.280 e. The molecule has 0 aliphatic rings. The fraction of sp³-hybridized carbons (Fsp3) is 0. The third-order valence-corrected chi connectivity index (χ3v) is 3.14. The molecule has 1 aromatic carbocycles. The molecule has 0 bridgehead atoms. The lowest BCUT2D eigenvalue weighted by atomic mass is 10.1. The molecule has 2 heterocycles. The molecule has 0 aliphatic carbocycles. The zero-order valence-electron chi connectivity index (χ0n) is 11.5. The molecule has 0 N–H and O–H groups in total. The van der Waals surface area contributed by atoms with Gasteiger partial charge in [-0.25, -0.2) is 0 Å². The van der Waals surface area contributed by atoms with Crippen molar-refractivity contribution >= 4 is 17.8 Å². The summed E-state index contributed by atoms with van der Waals surface area (Å²) < 4.78 is 5.68. The van der Waals surface area contributed by atoms with Gasteiger partial charge in [-0.15, -0.1) is 0 Å². The van der Waals surface area contributed by atoms with E-state index in [-0.39, 0.29) is 5.69 Å². The summed E-state index contributed by atoms with van der Waals surface area (Å²) in [5.41, 5.74) is 1.50. The van der Waals surface area contributed by atoms with Crippen LogP contribution in [0.1, 0.15) is 11.3 Å². The van der Waals surface area contributed by atoms with Crippen LogP contribution in [0.2, 0.25) is 0 Å². The highest BCUT2D eigenvalue weighted by atomic mass is 16.6. The van der Waals surface area contributed by atoms with Crippen molar-refractivity contribution in [1.82, 2.24) is 4.98 Å². The van der Waals surface area contributed by atoms with Crippen molar-refractivity contribution in [2.75, 3.05) is 0 Å². The molecule has 0 amide bonds. The molecule has 0 atom stereocenters. The fourth-order valence-electron chi connectivity index (χ4n) is 2.08. The SMILES string of the molecule is O=[N+]([O-])c1ccccc1-c1ccc(C=Cc2ccncc2)o1. The normalized spacial score (nSPS) is 10.9. The number of benzene rings is 1. The van der Waals surface area contributed by atoms with Crippen LogP contribution in [0, 0.1) is 10.1 Å². The van der Waals surface area contributed by atoms with Crippen LogP contribution in [0.15, 0.2) is 65.3 Å². The molecule has 0 saturated carbocycles. The quantitative estimate of drug-likeness (QED) is 0.527. The van der Waals surface area contributed by atoms with Gasteiger partial charge in [0.15, 0.2) is 0 Å². The minimum Gasteiger partial charge on any atom is -0.456 e. The van der Waals surface area contributed by atoms with E-state index in [9.17, 15) is 10.1 Å². The monoisotopic (exact) mass is 292 g/mol. The van der Waals surface area contributed by atoms with E-state index in [4.69, 9.17) is 4.42 Å². The molecular weight excluding hydrogens is 280 g/mol. The molecule has 2 aromatic heterocycles. The summed E-state index contributed by atoms with van der Waals surface area (Å²) >= 11 is 0. The molecule has 0 saturated heterocycles. The number of nitro benzene ring substituents is 1. The molecule has 0 fully saturated rings. The summed E-state index contributed by atoms with van der Waals surface area (Å²) in [6, 6.07) is 13.8. The first-order chi connectivity index (χ1) is 10.7. The Labute approximate surface area is 126 Å². The number of nitro groups is 1. The summed E-state index contributed by atoms with van der Waals surface area (Å²) in [7, 11) is 0. The van der Waals surface area contributed by atoms with E-state index in [1.54, 1.807) is 42.7 Å². The number of hydrogen-bond acceptors (Lipinski definition) is 4. The lowest BCUT2D eigenvalue weighted by Crippen LogP contribution is -1.90. The van der Waals surface area contributed by atoms with E-state index < -0.39 is 4.92 Å². The van der Waals surface area contributed by atoms with Crippen molar-refractivity contribution in [2.24, 2.45) is 0 Å². The molecule has 22 heavy (non-hydrogen) atoms. The first kappa shape index (κ1) is 13.8. The van der Waals surface area contributed by atoms with Crippen LogP contribution in [-0.4, -0.2) is 9.91 Å². The second kappa shape index (κ2) is 6.05. The van der Waals surface area contributed by atoms with Crippen LogP contribution >= 0.6 is 0 Å². The first-order valence-corrected chi connectivity index (χ1v) is 6.66. The van der Waals surface area contributed by atoms with Gasteiger partial charge in [0.25, 0.3) is 5.69 Å². The highest BCUT2D eigenvalue weighted by Gasteiger charge is 2.16. The van der Waals surface area contributed by atoms with E-state index in [0.29, 0.717) is 17.1 Å². The molecule has 0 spiro atoms. The van der Waals surface area contributed by atoms with Gasteiger partial charge in [0.2, 0.25) is 0 Å². The fourth-order valence-corrected chi connectivity index (χ4v) is 2.08. The standard InChI is InChI=1S/C17H12N2O3/c20-19(21)16-4-2-1-3-15(16)17-8-7-14(22-17)6-5-13-9-11-18-12-10-13/h1-12H. The first-order valence-electron chi connectivity index (χ1n) is 6.66. The lowest BCUT2D eigenvalue weighted by molar-refractivity contribution is -0.384. The molecule has 3 rings (SSSR count). The number of hydrogen-bond donors (Lipinski definition) is 0. The van der Waals surface area contributed by atoms with Crippen LogP contribution in [0.5, 0.6) is 0 Å². The van der Waals surface area contributed by atoms with Crippen LogP contribution in [0.3, 0.4) is 0 Å². The second-order valence-electron chi connectivity index (χ2n) is 4.59. The van der Waals surface area contributed by atoms with E-state index in [1.165, 1.54) is 6.07 Å². The predicted octanol–water partition coefficient (Wildman–Crippen LogP) is 4.42. The largest absolute Gasteiger partial charge is 0.456 e. The number of aromatic nitrogens is 1. The van der Waals surface area contributed by atoms with Crippen molar-refractivity contribution in [3.8, 4) is 11.3 Å². The van der Waals surface area contributed by atoms with Crippen molar-refractivity contribution in [3.63, 3.8) is 0 Å². The Morgan fingerprint density at radius 2 is 1.77 bits per heavy atom. The molecule has 0 aliphatic heterocycles. The van der Waals surface area contributed by atoms with Crippen LogP contribution in [0.25, 0.3) is 23.5 Å². The zero-order valence-corrected chi connectivity index (χ0v) is 11.5. The maximum Gasteiger partial charge on any atom is 0.280 e. The maximum atomic E-state index is 11.1. The van der Waals surface area contributed by atoms with Crippen molar-refractivity contribution in [2.45, 2.75) is 0 Å². The van der Waals surface area contributed by atoms with E-state index in [1.807, 2.05) is 24.3 Å². The predicted molar refractivity (Wildman–Crippen MR) is 84.0 cm³/mol. The highest BCUT2D eigenvalue weighted by molar-refractivity contribution is 5.72. The van der Waals surface area contributed by atoms with E-state index in [2.05, 4.69) is 4.98 Å². The summed E-state index contributed by atoms with van der Waals surface area (Å²) in [5.74, 6) is 1.10. The van der Waals surface area contributed by atoms with Gasteiger partial charge in [-0.2, -0.15) is 0 Å². The zero-order chi connectivity index (χ0) is 15.4. The highest BCUT2D eigenvalue weighted by Crippen LogP contribution is 2.31. The second-order valence-corrected chi connectivity index (χ2v) is 4.59. The van der Waals surface area contributed by atoms with Crippen molar-refractivity contribution in [3.05, 3.63) is 82.4 Å². The number of furan rings is 1. The Hall–Kier alpha value is -3.21. The Morgan fingerprint density at radius 1 is 1.00 bits per heavy atom. The molecule has 0 radical (unpaired) electrons. The Bertz CT molecular complexity index is 823. The topological polar surface area (TPSA) is 69.2 Å². The van der Waals surface area contributed by atoms with Gasteiger partial charge in [-0.05, 0) is 42.0 Å². The molecule has 5 heteroatoms. The lowest BCUT2D eigenvalue weighted by Gasteiger charge is -1.98. The number of rotatable bonds is 4. The van der Waals surface area contributed by atoms with Gasteiger partial charge in [0.1, 0.15) is 11.5 Å². The Kier molecular flexibility index (Phi) is 3.78. The molecular formula is C17H12N2O3. The summed E-state index contributed by atoms with van der Waals surface area (Å²) in [5, 5.41) is 11.1. The Balaban J connectivity index is 1.89. The van der Waals surface area contributed by atoms with Gasteiger partial charge in [0, 0.05) is 18.5 Å². The summed E-state index contributed by atoms with van der Waals surface area (Å²) in [6.45, 7) is 0. The number of para-hydroxylation sites is 1. The van der Waals surface area contributed by atoms with Crippen LogP contribution in [-0.2, 0) is 0 Å². The van der Waals surface area contributed by atoms with Crippen molar-refractivity contribution in [1.29, 1.82) is 0 Å². The number of nitrogens with zero attached hydrogens (tertiary/aromatic N) is 2. The molecule has 3 aromatic rings. The van der Waals surface area contributed by atoms with Crippen molar-refractivity contribution < 1.29 is 9.34 Å². The van der Waals surface area contributed by atoms with E-state index in [0.717, 1.165) is 5.56 Å². The Morgan fingerprint density at radius 3 is 2.55 bits per heavy atom. The van der Waals surface area contributed by atoms with Gasteiger partial charge < -0.3 is 4.42 Å². The van der Waals surface area contributed by atoms with Gasteiger partial charge in [-0.3, -0.25) is 15.1 Å². The summed E-state index contributed by atoms with van der Waals surface area (Å²) in [4.78, 5) is 14.6. The van der Waals surface area contributed by atoms with E-state index >= 15 is 0 Å².